The Morgan fingerprint density at radius 3 is 2.59 bits per heavy atom. The van der Waals surface area contributed by atoms with Gasteiger partial charge in [0.2, 0.25) is 0 Å². The Morgan fingerprint density at radius 2 is 1.91 bits per heavy atom. The van der Waals surface area contributed by atoms with E-state index < -0.39 is 0 Å². The Balaban J connectivity index is 1.57. The van der Waals surface area contributed by atoms with Crippen LogP contribution in [0.5, 0.6) is 0 Å². The van der Waals surface area contributed by atoms with Gasteiger partial charge < -0.3 is 9.47 Å². The number of nitriles is 1. The predicted octanol–water partition coefficient (Wildman–Crippen LogP) is 4.66. The minimum Gasteiger partial charge on any atom is -0.316 e. The number of nitrogens with zero attached hydrogens (tertiary/aromatic N) is 6. The molecule has 7 heteroatoms. The summed E-state index contributed by atoms with van der Waals surface area (Å²) in [5.41, 5.74) is 5.43. The van der Waals surface area contributed by atoms with Gasteiger partial charge in [0.05, 0.1) is 23.5 Å². The Labute approximate surface area is 186 Å². The highest BCUT2D eigenvalue weighted by atomic mass is 19.1. The third kappa shape index (κ3) is 3.78. The van der Waals surface area contributed by atoms with E-state index in [9.17, 15) is 4.39 Å². The Morgan fingerprint density at radius 1 is 1.12 bits per heavy atom. The molecule has 2 aromatic heterocycles. The number of halogens is 1. The van der Waals surface area contributed by atoms with Crippen LogP contribution in [0.2, 0.25) is 0 Å². The van der Waals surface area contributed by atoms with Gasteiger partial charge in [-0.2, -0.15) is 5.26 Å². The zero-order chi connectivity index (χ0) is 22.1. The fourth-order valence-corrected chi connectivity index (χ4v) is 4.78. The minimum atomic E-state index is -0.235. The van der Waals surface area contributed by atoms with Gasteiger partial charge in [0, 0.05) is 42.8 Å². The summed E-state index contributed by atoms with van der Waals surface area (Å²) in [6, 6.07) is 15.4. The second-order valence-corrected chi connectivity index (χ2v) is 8.43. The Hall–Kier alpha value is -3.50. The maximum absolute atomic E-state index is 13.5. The van der Waals surface area contributed by atoms with Crippen LogP contribution >= 0.6 is 0 Å². The van der Waals surface area contributed by atoms with Gasteiger partial charge in [0.1, 0.15) is 5.82 Å². The van der Waals surface area contributed by atoms with E-state index in [1.807, 2.05) is 19.2 Å². The Kier molecular flexibility index (Phi) is 5.46. The second kappa shape index (κ2) is 8.56. The first-order chi connectivity index (χ1) is 15.6. The maximum atomic E-state index is 13.5. The zero-order valence-electron chi connectivity index (χ0n) is 18.1. The molecule has 0 N–H and O–H groups in total. The van der Waals surface area contributed by atoms with Crippen LogP contribution < -0.4 is 0 Å². The SMILES string of the molecule is Cn1nncc1-c1ccc2c(c1)c(C1CCN(CCC#N)CC1)cn2-c1ccc(F)cc1. The number of hydrogen-bond donors (Lipinski definition) is 0. The van der Waals surface area contributed by atoms with Gasteiger partial charge >= 0.3 is 0 Å². The van der Waals surface area contributed by atoms with Gasteiger partial charge in [-0.3, -0.25) is 0 Å². The molecule has 1 aliphatic heterocycles. The summed E-state index contributed by atoms with van der Waals surface area (Å²) in [4.78, 5) is 2.38. The number of rotatable bonds is 5. The molecule has 162 valence electrons. The van der Waals surface area contributed by atoms with Crippen LogP contribution in [0.25, 0.3) is 27.8 Å². The number of piperidine rings is 1. The molecule has 0 aliphatic carbocycles. The quantitative estimate of drug-likeness (QED) is 0.464. The maximum Gasteiger partial charge on any atom is 0.123 e. The van der Waals surface area contributed by atoms with Crippen LogP contribution in [0.1, 0.15) is 30.7 Å². The van der Waals surface area contributed by atoms with Crippen molar-refractivity contribution in [3.63, 3.8) is 0 Å². The molecule has 0 unspecified atom stereocenters. The second-order valence-electron chi connectivity index (χ2n) is 8.43. The smallest absolute Gasteiger partial charge is 0.123 e. The van der Waals surface area contributed by atoms with Crippen LogP contribution in [0, 0.1) is 17.1 Å². The molecule has 1 fully saturated rings. The van der Waals surface area contributed by atoms with Gasteiger partial charge in [-0.15, -0.1) is 5.10 Å². The van der Waals surface area contributed by atoms with Crippen molar-refractivity contribution in [1.29, 1.82) is 5.26 Å². The molecule has 0 atom stereocenters. The average molecular weight is 429 g/mol. The number of fused-ring (bicyclic) bond motifs is 1. The first kappa shape index (κ1) is 20.4. The predicted molar refractivity (Wildman–Crippen MR) is 122 cm³/mol. The minimum absolute atomic E-state index is 0.235. The lowest BCUT2D eigenvalue weighted by atomic mass is 9.88. The van der Waals surface area contributed by atoms with Crippen molar-refractivity contribution in [2.45, 2.75) is 25.2 Å². The molecule has 0 amide bonds. The molecule has 0 radical (unpaired) electrons. The topological polar surface area (TPSA) is 62.7 Å². The summed E-state index contributed by atoms with van der Waals surface area (Å²) in [5.74, 6) is 0.207. The van der Waals surface area contributed by atoms with Crippen LogP contribution in [-0.4, -0.2) is 44.1 Å². The summed E-state index contributed by atoms with van der Waals surface area (Å²) in [6.07, 6.45) is 6.71. The van der Waals surface area contributed by atoms with E-state index in [1.54, 1.807) is 10.9 Å². The van der Waals surface area contributed by atoms with Crippen molar-refractivity contribution < 1.29 is 4.39 Å². The molecular formula is C25H25FN6. The third-order valence-corrected chi connectivity index (χ3v) is 6.52. The van der Waals surface area contributed by atoms with Crippen molar-refractivity contribution in [1.82, 2.24) is 24.5 Å². The normalized spacial score (nSPS) is 15.3. The van der Waals surface area contributed by atoms with Crippen LogP contribution in [0.3, 0.4) is 0 Å². The van der Waals surface area contributed by atoms with Crippen molar-refractivity contribution in [2.75, 3.05) is 19.6 Å². The standard InChI is InChI=1S/C25H25FN6/c1-30-25(16-28-29-30)19-3-8-24-22(15-19)23(17-32(24)21-6-4-20(26)5-7-21)18-9-13-31(14-10-18)12-2-11-27/h3-8,15-18H,2,9-10,12-14H2,1H3. The first-order valence-electron chi connectivity index (χ1n) is 11.0. The summed E-state index contributed by atoms with van der Waals surface area (Å²) < 4.78 is 17.5. The van der Waals surface area contributed by atoms with E-state index in [1.165, 1.54) is 23.1 Å². The molecular weight excluding hydrogens is 403 g/mol. The van der Waals surface area contributed by atoms with Gasteiger partial charge in [-0.1, -0.05) is 11.3 Å². The summed E-state index contributed by atoms with van der Waals surface area (Å²) in [7, 11) is 1.90. The lowest BCUT2D eigenvalue weighted by Gasteiger charge is -2.31. The lowest BCUT2D eigenvalue weighted by Crippen LogP contribution is -2.33. The molecule has 0 spiro atoms. The van der Waals surface area contributed by atoms with E-state index in [4.69, 9.17) is 5.26 Å². The highest BCUT2D eigenvalue weighted by Gasteiger charge is 2.24. The Bertz CT molecular complexity index is 1270. The molecule has 1 aliphatic rings. The number of aromatic nitrogens is 4. The number of benzene rings is 2. The van der Waals surface area contributed by atoms with Gasteiger partial charge in [-0.05, 0) is 73.8 Å². The largest absolute Gasteiger partial charge is 0.316 e. The number of aryl methyl sites for hydroxylation is 1. The molecule has 2 aromatic carbocycles. The van der Waals surface area contributed by atoms with Gasteiger partial charge in [0.25, 0.3) is 0 Å². The monoisotopic (exact) mass is 428 g/mol. The van der Waals surface area contributed by atoms with Crippen molar-refractivity contribution >= 4 is 10.9 Å². The highest BCUT2D eigenvalue weighted by Crippen LogP contribution is 2.37. The van der Waals surface area contributed by atoms with Crippen LogP contribution in [0.15, 0.2) is 54.9 Å². The van der Waals surface area contributed by atoms with Crippen molar-refractivity contribution in [3.05, 3.63) is 66.2 Å². The van der Waals surface area contributed by atoms with Crippen LogP contribution in [-0.2, 0) is 7.05 Å². The zero-order valence-corrected chi connectivity index (χ0v) is 18.1. The third-order valence-electron chi connectivity index (χ3n) is 6.52. The molecule has 1 saturated heterocycles. The van der Waals surface area contributed by atoms with Crippen molar-refractivity contribution in [2.24, 2.45) is 7.05 Å². The number of hydrogen-bond acceptors (Lipinski definition) is 4. The molecule has 3 heterocycles. The van der Waals surface area contributed by atoms with Crippen molar-refractivity contribution in [3.8, 4) is 23.0 Å². The fourth-order valence-electron chi connectivity index (χ4n) is 4.78. The summed E-state index contributed by atoms with van der Waals surface area (Å²) in [6.45, 7) is 2.85. The lowest BCUT2D eigenvalue weighted by molar-refractivity contribution is 0.217. The van der Waals surface area contributed by atoms with E-state index in [-0.39, 0.29) is 5.82 Å². The highest BCUT2D eigenvalue weighted by molar-refractivity contribution is 5.90. The molecule has 0 saturated carbocycles. The van der Waals surface area contributed by atoms with Gasteiger partial charge in [-0.25, -0.2) is 9.07 Å². The van der Waals surface area contributed by atoms with Crippen LogP contribution in [0.4, 0.5) is 4.39 Å². The number of likely N-dealkylation sites (tertiary alicyclic amines) is 1. The van der Waals surface area contributed by atoms with E-state index in [0.29, 0.717) is 12.3 Å². The summed E-state index contributed by atoms with van der Waals surface area (Å²) >= 11 is 0. The van der Waals surface area contributed by atoms with E-state index in [0.717, 1.165) is 54.9 Å². The molecule has 0 bridgehead atoms. The van der Waals surface area contributed by atoms with E-state index in [2.05, 4.69) is 50.2 Å². The van der Waals surface area contributed by atoms with Gasteiger partial charge in [0.15, 0.2) is 0 Å². The average Bonchev–Trinajstić information content (AvgIpc) is 3.42. The summed E-state index contributed by atoms with van der Waals surface area (Å²) in [5, 5.41) is 18.2. The molecule has 5 rings (SSSR count). The molecule has 32 heavy (non-hydrogen) atoms. The molecule has 6 nitrogen and oxygen atoms in total. The molecule has 4 aromatic rings. The van der Waals surface area contributed by atoms with E-state index >= 15 is 0 Å². The first-order valence-corrected chi connectivity index (χ1v) is 11.0. The fraction of sp³-hybridized carbons (Fsp3) is 0.320.